The second-order valence-corrected chi connectivity index (χ2v) is 6.76. The molecule has 110 valence electrons. The predicted molar refractivity (Wildman–Crippen MR) is 74.3 cm³/mol. The normalized spacial score (nSPS) is 19.1. The molecule has 1 saturated heterocycles. The molecule has 2 N–H and O–H groups in total. The summed E-state index contributed by atoms with van der Waals surface area (Å²) in [6, 6.07) is 3.44. The monoisotopic (exact) mass is 319 g/mol. The van der Waals surface area contributed by atoms with Crippen LogP contribution in [-0.2, 0) is 10.0 Å². The van der Waals surface area contributed by atoms with Crippen LogP contribution in [0.4, 0.5) is 5.69 Å². The molecule has 0 saturated carbocycles. The first kappa shape index (κ1) is 15.2. The van der Waals surface area contributed by atoms with E-state index in [-0.39, 0.29) is 15.8 Å². The SMILES string of the molecule is O=[N+]([O-])c1cc(S(=O)(=O)NCC2CCNC2)ccc1Cl. The molecule has 2 rings (SSSR count). The minimum atomic E-state index is -3.76. The molecule has 7 nitrogen and oxygen atoms in total. The first-order chi connectivity index (χ1) is 9.40. The maximum atomic E-state index is 12.1. The molecule has 0 amide bonds. The molecule has 1 aromatic carbocycles. The van der Waals surface area contributed by atoms with Crippen molar-refractivity contribution in [3.8, 4) is 0 Å². The Labute approximate surface area is 121 Å². The lowest BCUT2D eigenvalue weighted by Crippen LogP contribution is -2.30. The van der Waals surface area contributed by atoms with Gasteiger partial charge >= 0.3 is 0 Å². The summed E-state index contributed by atoms with van der Waals surface area (Å²) in [5, 5.41) is 13.8. The average molecular weight is 320 g/mol. The van der Waals surface area contributed by atoms with Crippen LogP contribution < -0.4 is 10.0 Å². The van der Waals surface area contributed by atoms with Crippen molar-refractivity contribution in [2.45, 2.75) is 11.3 Å². The van der Waals surface area contributed by atoms with E-state index in [2.05, 4.69) is 10.0 Å². The first-order valence-corrected chi connectivity index (χ1v) is 7.90. The summed E-state index contributed by atoms with van der Waals surface area (Å²) in [6.07, 6.45) is 0.906. The Morgan fingerprint density at radius 3 is 2.85 bits per heavy atom. The van der Waals surface area contributed by atoms with Gasteiger partial charge in [-0.2, -0.15) is 0 Å². The Hall–Kier alpha value is -1.22. The van der Waals surface area contributed by atoms with Crippen LogP contribution in [0.15, 0.2) is 23.1 Å². The minimum Gasteiger partial charge on any atom is -0.316 e. The van der Waals surface area contributed by atoms with Gasteiger partial charge in [0.15, 0.2) is 0 Å². The summed E-state index contributed by atoms with van der Waals surface area (Å²) in [5.41, 5.74) is -0.419. The van der Waals surface area contributed by atoms with Crippen molar-refractivity contribution in [3.05, 3.63) is 33.3 Å². The van der Waals surface area contributed by atoms with Gasteiger partial charge in [0.1, 0.15) is 5.02 Å². The number of benzene rings is 1. The molecule has 0 aliphatic carbocycles. The van der Waals surface area contributed by atoms with E-state index in [1.54, 1.807) is 0 Å². The van der Waals surface area contributed by atoms with Crippen molar-refractivity contribution in [2.75, 3.05) is 19.6 Å². The Balaban J connectivity index is 2.16. The standard InChI is InChI=1S/C11H14ClN3O4S/c12-10-2-1-9(5-11(10)15(16)17)20(18,19)14-7-8-3-4-13-6-8/h1-2,5,8,13-14H,3-4,6-7H2. The zero-order valence-electron chi connectivity index (χ0n) is 10.5. The van der Waals surface area contributed by atoms with Gasteiger partial charge in [-0.15, -0.1) is 0 Å². The van der Waals surface area contributed by atoms with Crippen LogP contribution >= 0.6 is 11.6 Å². The third-order valence-corrected chi connectivity index (χ3v) is 4.89. The van der Waals surface area contributed by atoms with Gasteiger partial charge < -0.3 is 5.32 Å². The smallest absolute Gasteiger partial charge is 0.289 e. The fourth-order valence-electron chi connectivity index (χ4n) is 2.00. The molecule has 9 heteroatoms. The largest absolute Gasteiger partial charge is 0.316 e. The van der Waals surface area contributed by atoms with Crippen LogP contribution in [-0.4, -0.2) is 33.0 Å². The third-order valence-electron chi connectivity index (χ3n) is 3.15. The van der Waals surface area contributed by atoms with Crippen LogP contribution in [0.5, 0.6) is 0 Å². The van der Waals surface area contributed by atoms with Crippen molar-refractivity contribution in [1.82, 2.24) is 10.0 Å². The van der Waals surface area contributed by atoms with E-state index in [9.17, 15) is 18.5 Å². The Kier molecular flexibility index (Phi) is 4.59. The van der Waals surface area contributed by atoms with Crippen LogP contribution in [0.25, 0.3) is 0 Å². The lowest BCUT2D eigenvalue weighted by molar-refractivity contribution is -0.384. The molecule has 0 aromatic heterocycles. The summed E-state index contributed by atoms with van der Waals surface area (Å²) >= 11 is 5.66. The molecule has 1 aliphatic heterocycles. The van der Waals surface area contributed by atoms with E-state index < -0.39 is 20.6 Å². The zero-order valence-corrected chi connectivity index (χ0v) is 12.1. The molecule has 1 fully saturated rings. The molecule has 1 aromatic rings. The van der Waals surface area contributed by atoms with Crippen molar-refractivity contribution >= 4 is 27.3 Å². The highest BCUT2D eigenvalue weighted by atomic mass is 35.5. The molecule has 1 atom stereocenters. The van der Waals surface area contributed by atoms with E-state index in [0.29, 0.717) is 6.54 Å². The number of nitrogens with one attached hydrogen (secondary N) is 2. The van der Waals surface area contributed by atoms with Crippen molar-refractivity contribution < 1.29 is 13.3 Å². The molecular weight excluding hydrogens is 306 g/mol. The number of sulfonamides is 1. The molecular formula is C11H14ClN3O4S. The van der Waals surface area contributed by atoms with Gasteiger partial charge in [-0.25, -0.2) is 13.1 Å². The molecule has 1 aliphatic rings. The summed E-state index contributed by atoms with van der Waals surface area (Å²) in [7, 11) is -3.76. The molecule has 0 radical (unpaired) electrons. The van der Waals surface area contributed by atoms with E-state index in [4.69, 9.17) is 11.6 Å². The maximum absolute atomic E-state index is 12.1. The number of hydrogen-bond acceptors (Lipinski definition) is 5. The number of nitro benzene ring substituents is 1. The number of halogens is 1. The highest BCUT2D eigenvalue weighted by molar-refractivity contribution is 7.89. The van der Waals surface area contributed by atoms with Crippen LogP contribution in [0, 0.1) is 16.0 Å². The summed E-state index contributed by atoms with van der Waals surface area (Å²) in [4.78, 5) is 9.91. The fourth-order valence-corrected chi connectivity index (χ4v) is 3.32. The summed E-state index contributed by atoms with van der Waals surface area (Å²) < 4.78 is 26.6. The second kappa shape index (κ2) is 6.04. The maximum Gasteiger partial charge on any atom is 0.289 e. The fraction of sp³-hybridized carbons (Fsp3) is 0.455. The highest BCUT2D eigenvalue weighted by Crippen LogP contribution is 2.27. The molecule has 0 spiro atoms. The number of nitrogens with zero attached hydrogens (tertiary/aromatic N) is 1. The molecule has 0 bridgehead atoms. The van der Waals surface area contributed by atoms with Gasteiger partial charge in [-0.3, -0.25) is 10.1 Å². The van der Waals surface area contributed by atoms with Crippen molar-refractivity contribution in [2.24, 2.45) is 5.92 Å². The lowest BCUT2D eigenvalue weighted by Gasteiger charge is -2.10. The van der Waals surface area contributed by atoms with E-state index >= 15 is 0 Å². The van der Waals surface area contributed by atoms with Crippen molar-refractivity contribution in [3.63, 3.8) is 0 Å². The summed E-state index contributed by atoms with van der Waals surface area (Å²) in [5.74, 6) is 0.243. The van der Waals surface area contributed by atoms with Crippen LogP contribution in [0.1, 0.15) is 6.42 Å². The second-order valence-electron chi connectivity index (χ2n) is 4.58. The van der Waals surface area contributed by atoms with Crippen molar-refractivity contribution in [1.29, 1.82) is 0 Å². The lowest BCUT2D eigenvalue weighted by atomic mass is 10.1. The number of hydrogen-bond donors (Lipinski definition) is 2. The van der Waals surface area contributed by atoms with Gasteiger partial charge in [0.05, 0.1) is 9.82 Å². The van der Waals surface area contributed by atoms with Gasteiger partial charge in [0.2, 0.25) is 10.0 Å². The van der Waals surface area contributed by atoms with Crippen LogP contribution in [0.2, 0.25) is 5.02 Å². The van der Waals surface area contributed by atoms with Gasteiger partial charge in [0.25, 0.3) is 5.69 Å². The quantitative estimate of drug-likeness (QED) is 0.626. The molecule has 20 heavy (non-hydrogen) atoms. The van der Waals surface area contributed by atoms with Gasteiger partial charge in [0, 0.05) is 12.6 Å². The molecule has 1 unspecified atom stereocenters. The van der Waals surface area contributed by atoms with E-state index in [1.807, 2.05) is 0 Å². The van der Waals surface area contributed by atoms with Gasteiger partial charge in [-0.05, 0) is 37.6 Å². The molecule has 1 heterocycles. The Bertz CT molecular complexity index is 614. The highest BCUT2D eigenvalue weighted by Gasteiger charge is 2.22. The van der Waals surface area contributed by atoms with E-state index in [0.717, 1.165) is 25.6 Å². The van der Waals surface area contributed by atoms with E-state index in [1.165, 1.54) is 12.1 Å². The average Bonchev–Trinajstić information content (AvgIpc) is 2.89. The predicted octanol–water partition coefficient (Wildman–Crippen LogP) is 1.14. The summed E-state index contributed by atoms with van der Waals surface area (Å²) in [6.45, 7) is 1.95. The zero-order chi connectivity index (χ0) is 14.8. The minimum absolute atomic E-state index is 0.0889. The third kappa shape index (κ3) is 3.45. The van der Waals surface area contributed by atoms with Crippen LogP contribution in [0.3, 0.4) is 0 Å². The van der Waals surface area contributed by atoms with Gasteiger partial charge in [-0.1, -0.05) is 11.6 Å². The first-order valence-electron chi connectivity index (χ1n) is 6.04. The number of rotatable bonds is 5. The topological polar surface area (TPSA) is 101 Å². The number of nitro groups is 1. The Morgan fingerprint density at radius 1 is 1.50 bits per heavy atom. The Morgan fingerprint density at radius 2 is 2.25 bits per heavy atom.